The van der Waals surface area contributed by atoms with Crippen molar-refractivity contribution < 1.29 is 14.6 Å². The average molecular weight is 432 g/mol. The van der Waals surface area contributed by atoms with Crippen LogP contribution >= 0.6 is 0 Å². The van der Waals surface area contributed by atoms with Crippen molar-refractivity contribution >= 4 is 11.6 Å². The van der Waals surface area contributed by atoms with E-state index in [9.17, 15) is 9.90 Å². The first-order valence-electron chi connectivity index (χ1n) is 11.0. The van der Waals surface area contributed by atoms with E-state index in [4.69, 9.17) is 4.74 Å². The molecule has 2 N–H and O–H groups in total. The summed E-state index contributed by atoms with van der Waals surface area (Å²) in [6.07, 6.45) is 0. The van der Waals surface area contributed by atoms with Crippen LogP contribution in [0.15, 0.2) is 78.9 Å². The number of amides is 1. The molecular weight excluding hydrogens is 402 g/mol. The van der Waals surface area contributed by atoms with Crippen LogP contribution in [0.3, 0.4) is 0 Å². The number of carbonyl (C=O) groups is 1. The van der Waals surface area contributed by atoms with E-state index in [1.165, 1.54) is 0 Å². The number of nitrogens with zero attached hydrogens (tertiary/aromatic N) is 2. The molecule has 0 aliphatic carbocycles. The van der Waals surface area contributed by atoms with Crippen LogP contribution in [0.4, 0.5) is 5.69 Å². The van der Waals surface area contributed by atoms with E-state index in [0.717, 1.165) is 49.7 Å². The second-order valence-electron chi connectivity index (χ2n) is 7.87. The van der Waals surface area contributed by atoms with Gasteiger partial charge in [0, 0.05) is 44.8 Å². The van der Waals surface area contributed by atoms with Crippen LogP contribution in [0.25, 0.3) is 0 Å². The van der Waals surface area contributed by atoms with Gasteiger partial charge in [-0.2, -0.15) is 0 Å². The zero-order valence-electron chi connectivity index (χ0n) is 18.1. The second-order valence-corrected chi connectivity index (χ2v) is 7.87. The Hall–Kier alpha value is -3.51. The van der Waals surface area contributed by atoms with Crippen LogP contribution in [0.5, 0.6) is 11.5 Å². The maximum Gasteiger partial charge on any atom is 0.251 e. The van der Waals surface area contributed by atoms with Crippen molar-refractivity contribution in [3.63, 3.8) is 0 Å². The van der Waals surface area contributed by atoms with Gasteiger partial charge in [0.15, 0.2) is 0 Å². The molecule has 166 valence electrons. The lowest BCUT2D eigenvalue weighted by Gasteiger charge is -2.36. The molecule has 0 atom stereocenters. The van der Waals surface area contributed by atoms with Crippen LogP contribution in [0.2, 0.25) is 0 Å². The van der Waals surface area contributed by atoms with Gasteiger partial charge in [0.1, 0.15) is 18.1 Å². The number of rotatable bonds is 8. The molecule has 3 aromatic rings. The van der Waals surface area contributed by atoms with Gasteiger partial charge in [0.2, 0.25) is 0 Å². The van der Waals surface area contributed by atoms with Gasteiger partial charge < -0.3 is 20.1 Å². The van der Waals surface area contributed by atoms with Crippen molar-refractivity contribution in [2.75, 3.05) is 44.2 Å². The summed E-state index contributed by atoms with van der Waals surface area (Å²) in [4.78, 5) is 16.9. The summed E-state index contributed by atoms with van der Waals surface area (Å²) in [6, 6.07) is 24.5. The first-order valence-corrected chi connectivity index (χ1v) is 11.0. The Kier molecular flexibility index (Phi) is 7.25. The van der Waals surface area contributed by atoms with E-state index in [0.29, 0.717) is 18.7 Å². The molecule has 6 heteroatoms. The summed E-state index contributed by atoms with van der Waals surface area (Å²) < 4.78 is 6.09. The van der Waals surface area contributed by atoms with Crippen molar-refractivity contribution in [1.29, 1.82) is 0 Å². The summed E-state index contributed by atoms with van der Waals surface area (Å²) in [6.45, 7) is 5.63. The average Bonchev–Trinajstić information content (AvgIpc) is 2.85. The highest BCUT2D eigenvalue weighted by molar-refractivity contribution is 5.94. The largest absolute Gasteiger partial charge is 0.508 e. The lowest BCUT2D eigenvalue weighted by molar-refractivity contribution is 0.0947. The van der Waals surface area contributed by atoms with E-state index >= 15 is 0 Å². The summed E-state index contributed by atoms with van der Waals surface area (Å²) in [5.74, 6) is 1.10. The number of hydrogen-bond donors (Lipinski definition) is 2. The number of piperazine rings is 1. The molecule has 0 spiro atoms. The van der Waals surface area contributed by atoms with E-state index in [1.54, 1.807) is 12.1 Å². The minimum Gasteiger partial charge on any atom is -0.508 e. The maximum absolute atomic E-state index is 12.2. The number of anilines is 1. The van der Waals surface area contributed by atoms with Crippen LogP contribution in [0, 0.1) is 0 Å². The second kappa shape index (κ2) is 10.7. The Morgan fingerprint density at radius 3 is 2.31 bits per heavy atom. The predicted octanol–water partition coefficient (Wildman–Crippen LogP) is 3.52. The molecule has 1 fully saturated rings. The summed E-state index contributed by atoms with van der Waals surface area (Å²) in [5.41, 5.74) is 2.81. The Morgan fingerprint density at radius 2 is 1.56 bits per heavy atom. The summed E-state index contributed by atoms with van der Waals surface area (Å²) in [7, 11) is 0. The molecule has 1 heterocycles. The molecule has 1 saturated heterocycles. The molecule has 0 bridgehead atoms. The highest BCUT2D eigenvalue weighted by Crippen LogP contribution is 2.29. The van der Waals surface area contributed by atoms with Crippen molar-refractivity contribution in [1.82, 2.24) is 10.2 Å². The Morgan fingerprint density at radius 1 is 0.875 bits per heavy atom. The highest BCUT2D eigenvalue weighted by Gasteiger charge is 2.19. The first-order chi connectivity index (χ1) is 15.7. The minimum atomic E-state index is -0.0241. The van der Waals surface area contributed by atoms with Crippen molar-refractivity contribution in [2.45, 2.75) is 6.61 Å². The quantitative estimate of drug-likeness (QED) is 0.571. The fourth-order valence-corrected chi connectivity index (χ4v) is 3.83. The van der Waals surface area contributed by atoms with Crippen LogP contribution in [-0.2, 0) is 6.61 Å². The van der Waals surface area contributed by atoms with Crippen LogP contribution in [0.1, 0.15) is 15.9 Å². The number of benzene rings is 3. The minimum absolute atomic E-state index is 0.0241. The van der Waals surface area contributed by atoms with Gasteiger partial charge in [-0.15, -0.1) is 0 Å². The van der Waals surface area contributed by atoms with E-state index in [-0.39, 0.29) is 11.7 Å². The SMILES string of the molecule is O=C(NCCN1CCN(c2ccccc2OCc2ccc(O)cc2)CC1)c1ccccc1. The topological polar surface area (TPSA) is 65.0 Å². The summed E-state index contributed by atoms with van der Waals surface area (Å²) >= 11 is 0. The van der Waals surface area contributed by atoms with Gasteiger partial charge in [-0.25, -0.2) is 0 Å². The Labute approximate surface area is 189 Å². The van der Waals surface area contributed by atoms with Crippen LogP contribution in [-0.4, -0.2) is 55.2 Å². The number of hydrogen-bond acceptors (Lipinski definition) is 5. The van der Waals surface area contributed by atoms with Gasteiger partial charge in [-0.3, -0.25) is 9.69 Å². The molecule has 6 nitrogen and oxygen atoms in total. The molecule has 4 rings (SSSR count). The third-order valence-electron chi connectivity index (χ3n) is 5.66. The number of aromatic hydroxyl groups is 1. The van der Waals surface area contributed by atoms with Gasteiger partial charge >= 0.3 is 0 Å². The van der Waals surface area contributed by atoms with Crippen molar-refractivity contribution in [3.8, 4) is 11.5 Å². The molecular formula is C26H29N3O3. The molecule has 3 aromatic carbocycles. The van der Waals surface area contributed by atoms with Gasteiger partial charge in [-0.05, 0) is 42.0 Å². The lowest BCUT2D eigenvalue weighted by atomic mass is 10.2. The predicted molar refractivity (Wildman–Crippen MR) is 126 cm³/mol. The van der Waals surface area contributed by atoms with Crippen LogP contribution < -0.4 is 15.0 Å². The van der Waals surface area contributed by atoms with E-state index in [2.05, 4.69) is 21.2 Å². The van der Waals surface area contributed by atoms with Gasteiger partial charge in [0.25, 0.3) is 5.91 Å². The fourth-order valence-electron chi connectivity index (χ4n) is 3.83. The third-order valence-corrected chi connectivity index (χ3v) is 5.66. The number of phenols is 1. The van der Waals surface area contributed by atoms with Crippen molar-refractivity contribution in [3.05, 3.63) is 90.0 Å². The smallest absolute Gasteiger partial charge is 0.251 e. The first kappa shape index (κ1) is 21.7. The molecule has 1 aliphatic rings. The number of nitrogens with one attached hydrogen (secondary N) is 1. The van der Waals surface area contributed by atoms with Gasteiger partial charge in [0.05, 0.1) is 5.69 Å². The van der Waals surface area contributed by atoms with E-state index < -0.39 is 0 Å². The summed E-state index contributed by atoms with van der Waals surface area (Å²) in [5, 5.41) is 12.4. The number of phenolic OH excluding ortho intramolecular Hbond substituents is 1. The molecule has 1 aliphatic heterocycles. The highest BCUT2D eigenvalue weighted by atomic mass is 16.5. The number of ether oxygens (including phenoxy) is 1. The van der Waals surface area contributed by atoms with Gasteiger partial charge in [-0.1, -0.05) is 42.5 Å². The Balaban J connectivity index is 1.25. The third kappa shape index (κ3) is 5.80. The molecule has 0 unspecified atom stereocenters. The molecule has 0 saturated carbocycles. The monoisotopic (exact) mass is 431 g/mol. The normalized spacial score (nSPS) is 14.2. The molecule has 1 amide bonds. The fraction of sp³-hybridized carbons (Fsp3) is 0.269. The van der Waals surface area contributed by atoms with E-state index in [1.807, 2.05) is 60.7 Å². The molecule has 0 radical (unpaired) electrons. The Bertz CT molecular complexity index is 1000. The standard InChI is InChI=1S/C26H29N3O3/c30-23-12-10-21(11-13-23)20-32-25-9-5-4-8-24(25)29-18-16-28(17-19-29)15-14-27-26(31)22-6-2-1-3-7-22/h1-13,30H,14-20H2,(H,27,31). The number of para-hydroxylation sites is 2. The van der Waals surface area contributed by atoms with Crippen molar-refractivity contribution in [2.24, 2.45) is 0 Å². The maximum atomic E-state index is 12.2. The molecule has 0 aromatic heterocycles. The zero-order valence-corrected chi connectivity index (χ0v) is 18.1. The number of carbonyl (C=O) groups excluding carboxylic acids is 1. The lowest BCUT2D eigenvalue weighted by Crippen LogP contribution is -2.48. The zero-order chi connectivity index (χ0) is 22.2. The molecule has 32 heavy (non-hydrogen) atoms.